The highest BCUT2D eigenvalue weighted by molar-refractivity contribution is 9.10. The quantitative estimate of drug-likeness (QED) is 0.813. The predicted octanol–water partition coefficient (Wildman–Crippen LogP) is 3.17. The number of ether oxygens (including phenoxy) is 2. The van der Waals surface area contributed by atoms with Gasteiger partial charge in [0, 0.05) is 29.0 Å². The molecule has 0 radical (unpaired) electrons. The highest BCUT2D eigenvalue weighted by atomic mass is 79.9. The average Bonchev–Trinajstić information content (AvgIpc) is 2.52. The van der Waals surface area contributed by atoms with Crippen molar-refractivity contribution in [2.75, 3.05) is 19.7 Å². The Hall–Kier alpha value is -1.67. The molecule has 138 valence electrons. The molecule has 0 aliphatic carbocycles. The zero-order valence-corrected chi connectivity index (χ0v) is 16.2. The van der Waals surface area contributed by atoms with Gasteiger partial charge in [-0.05, 0) is 55.6 Å². The van der Waals surface area contributed by atoms with Crippen molar-refractivity contribution in [3.05, 3.63) is 28.5 Å². The van der Waals surface area contributed by atoms with E-state index in [2.05, 4.69) is 20.9 Å². The largest absolute Gasteiger partial charge is 0.480 e. The molecule has 0 bridgehead atoms. The van der Waals surface area contributed by atoms with Crippen LogP contribution in [0.3, 0.4) is 0 Å². The fourth-order valence-electron chi connectivity index (χ4n) is 2.86. The average molecular weight is 415 g/mol. The second-order valence-electron chi connectivity index (χ2n) is 7.04. The lowest BCUT2D eigenvalue weighted by Crippen LogP contribution is -2.51. The van der Waals surface area contributed by atoms with Crippen molar-refractivity contribution in [1.29, 1.82) is 0 Å². The van der Waals surface area contributed by atoms with Crippen LogP contribution in [-0.4, -0.2) is 52.4 Å². The van der Waals surface area contributed by atoms with E-state index in [1.807, 2.05) is 20.8 Å². The zero-order valence-electron chi connectivity index (χ0n) is 14.6. The van der Waals surface area contributed by atoms with Crippen LogP contribution in [0.5, 0.6) is 0 Å². The number of pyridine rings is 1. The van der Waals surface area contributed by atoms with Crippen LogP contribution in [0.1, 0.15) is 39.2 Å². The summed E-state index contributed by atoms with van der Waals surface area (Å²) >= 11 is 3.46. The minimum atomic E-state index is -1.06. The van der Waals surface area contributed by atoms with E-state index in [0.717, 1.165) is 5.56 Å². The van der Waals surface area contributed by atoms with E-state index in [-0.39, 0.29) is 6.54 Å². The van der Waals surface area contributed by atoms with Crippen LogP contribution in [0.25, 0.3) is 0 Å². The molecule has 1 fully saturated rings. The summed E-state index contributed by atoms with van der Waals surface area (Å²) in [6, 6.07) is 1.78. The molecular formula is C17H23BrN2O5. The van der Waals surface area contributed by atoms with Crippen molar-refractivity contribution in [1.82, 2.24) is 9.88 Å². The highest BCUT2D eigenvalue weighted by Crippen LogP contribution is 2.39. The minimum absolute atomic E-state index is 0.220. The monoisotopic (exact) mass is 414 g/mol. The maximum atomic E-state index is 12.5. The minimum Gasteiger partial charge on any atom is -0.480 e. The van der Waals surface area contributed by atoms with Crippen LogP contribution in [0.4, 0.5) is 4.79 Å². The number of halogens is 1. The fourth-order valence-corrected chi connectivity index (χ4v) is 3.48. The number of carbonyl (C=O) groups excluding carboxylic acids is 1. The van der Waals surface area contributed by atoms with Crippen molar-refractivity contribution in [3.8, 4) is 0 Å². The van der Waals surface area contributed by atoms with Crippen molar-refractivity contribution in [3.63, 3.8) is 0 Å². The van der Waals surface area contributed by atoms with Crippen LogP contribution in [-0.2, 0) is 19.9 Å². The number of hydrogen-bond acceptors (Lipinski definition) is 5. The molecule has 2 rings (SSSR count). The number of rotatable bonds is 4. The van der Waals surface area contributed by atoms with Gasteiger partial charge in [-0.2, -0.15) is 0 Å². The molecule has 1 aromatic rings. The van der Waals surface area contributed by atoms with Crippen molar-refractivity contribution in [2.45, 2.75) is 44.8 Å². The summed E-state index contributed by atoms with van der Waals surface area (Å²) in [5, 5.41) is 9.05. The van der Waals surface area contributed by atoms with Crippen LogP contribution in [0, 0.1) is 0 Å². The van der Waals surface area contributed by atoms with Gasteiger partial charge in [-0.1, -0.05) is 0 Å². The fraction of sp³-hybridized carbons (Fsp3) is 0.588. The maximum absolute atomic E-state index is 12.5. The first-order valence-corrected chi connectivity index (χ1v) is 8.86. The van der Waals surface area contributed by atoms with Gasteiger partial charge in [0.1, 0.15) is 17.8 Å². The molecule has 1 saturated heterocycles. The second-order valence-corrected chi connectivity index (χ2v) is 7.89. The number of carboxylic acid groups (broad SMARTS) is 1. The summed E-state index contributed by atoms with van der Waals surface area (Å²) in [4.78, 5) is 29.1. The van der Waals surface area contributed by atoms with Crippen LogP contribution >= 0.6 is 15.9 Å². The number of aliphatic carboxylic acids is 1. The molecule has 0 aromatic carbocycles. The first-order valence-electron chi connectivity index (χ1n) is 8.07. The third-order valence-electron chi connectivity index (χ3n) is 3.84. The van der Waals surface area contributed by atoms with Gasteiger partial charge in [-0.15, -0.1) is 0 Å². The van der Waals surface area contributed by atoms with Gasteiger partial charge in [-0.3, -0.25) is 4.98 Å². The lowest BCUT2D eigenvalue weighted by Gasteiger charge is -2.43. The molecule has 1 aliphatic rings. The third kappa shape index (κ3) is 5.15. The molecule has 0 spiro atoms. The Morgan fingerprint density at radius 1 is 1.44 bits per heavy atom. The molecule has 1 N–H and O–H groups in total. The molecule has 25 heavy (non-hydrogen) atoms. The lowest BCUT2D eigenvalue weighted by atomic mass is 9.86. The summed E-state index contributed by atoms with van der Waals surface area (Å²) in [7, 11) is 0. The van der Waals surface area contributed by atoms with E-state index in [1.165, 1.54) is 0 Å². The summed E-state index contributed by atoms with van der Waals surface area (Å²) < 4.78 is 12.0. The van der Waals surface area contributed by atoms with Gasteiger partial charge in [0.25, 0.3) is 0 Å². The molecular weight excluding hydrogens is 392 g/mol. The lowest BCUT2D eigenvalue weighted by molar-refractivity contribution is -0.155. The predicted molar refractivity (Wildman–Crippen MR) is 94.2 cm³/mol. The standard InChI is InChI=1S/C17H23BrN2O5/c1-16(2,3)25-15(23)20-8-4-6-17(11-20,24-10-14(21)22)12-5-7-19-9-13(12)18/h5,7,9H,4,6,8,10-11H2,1-3H3,(H,21,22). The van der Waals surface area contributed by atoms with Crippen LogP contribution in [0.15, 0.2) is 22.9 Å². The van der Waals surface area contributed by atoms with E-state index in [4.69, 9.17) is 14.6 Å². The summed E-state index contributed by atoms with van der Waals surface area (Å²) in [6.45, 7) is 5.73. The molecule has 0 saturated carbocycles. The van der Waals surface area contributed by atoms with Crippen molar-refractivity contribution >= 4 is 28.0 Å². The summed E-state index contributed by atoms with van der Waals surface area (Å²) in [6.07, 6.45) is 4.10. The van der Waals surface area contributed by atoms with E-state index in [9.17, 15) is 9.59 Å². The van der Waals surface area contributed by atoms with Gasteiger partial charge < -0.3 is 19.5 Å². The number of carboxylic acids is 1. The summed E-state index contributed by atoms with van der Waals surface area (Å²) in [5.41, 5.74) is -0.747. The molecule has 8 heteroatoms. The molecule has 1 unspecified atom stereocenters. The number of nitrogens with zero attached hydrogens (tertiary/aromatic N) is 2. The number of likely N-dealkylation sites (tertiary alicyclic amines) is 1. The molecule has 1 atom stereocenters. The van der Waals surface area contributed by atoms with Gasteiger partial charge in [0.2, 0.25) is 0 Å². The zero-order chi connectivity index (χ0) is 18.7. The van der Waals surface area contributed by atoms with Crippen LogP contribution in [0.2, 0.25) is 0 Å². The van der Waals surface area contributed by atoms with Crippen LogP contribution < -0.4 is 0 Å². The number of carbonyl (C=O) groups is 2. The topological polar surface area (TPSA) is 89.0 Å². The molecule has 2 heterocycles. The first-order chi connectivity index (χ1) is 11.6. The highest BCUT2D eigenvalue weighted by Gasteiger charge is 2.42. The van der Waals surface area contributed by atoms with Gasteiger partial charge in [0.05, 0.1) is 6.54 Å². The van der Waals surface area contributed by atoms with Gasteiger partial charge in [-0.25, -0.2) is 9.59 Å². The Morgan fingerprint density at radius 3 is 2.76 bits per heavy atom. The molecule has 1 aliphatic heterocycles. The Morgan fingerprint density at radius 2 is 2.16 bits per heavy atom. The molecule has 1 aromatic heterocycles. The first kappa shape index (κ1) is 19.7. The molecule has 7 nitrogen and oxygen atoms in total. The summed E-state index contributed by atoms with van der Waals surface area (Å²) in [5.74, 6) is -1.06. The van der Waals surface area contributed by atoms with Crippen molar-refractivity contribution < 1.29 is 24.2 Å². The Labute approximate surface area is 155 Å². The normalized spacial score (nSPS) is 21.0. The van der Waals surface area contributed by atoms with Crippen molar-refractivity contribution in [2.24, 2.45) is 0 Å². The number of amides is 1. The van der Waals surface area contributed by atoms with Gasteiger partial charge in [0.15, 0.2) is 0 Å². The smallest absolute Gasteiger partial charge is 0.410 e. The maximum Gasteiger partial charge on any atom is 0.410 e. The Kier molecular flexibility index (Phi) is 6.05. The number of hydrogen-bond donors (Lipinski definition) is 1. The second kappa shape index (κ2) is 7.70. The van der Waals surface area contributed by atoms with E-state index >= 15 is 0 Å². The Balaban J connectivity index is 2.30. The van der Waals surface area contributed by atoms with E-state index in [0.29, 0.717) is 23.9 Å². The third-order valence-corrected chi connectivity index (χ3v) is 4.47. The Bertz CT molecular complexity index is 646. The van der Waals surface area contributed by atoms with E-state index in [1.54, 1.807) is 23.4 Å². The van der Waals surface area contributed by atoms with Gasteiger partial charge >= 0.3 is 12.1 Å². The number of piperidine rings is 1. The number of aromatic nitrogens is 1. The SMILES string of the molecule is CC(C)(C)OC(=O)N1CCCC(OCC(=O)O)(c2ccncc2Br)C1. The van der Waals surface area contributed by atoms with E-state index < -0.39 is 29.9 Å². The molecule has 1 amide bonds.